The minimum absolute atomic E-state index is 0.0505. The van der Waals surface area contributed by atoms with Gasteiger partial charge in [-0.2, -0.15) is 5.10 Å². The van der Waals surface area contributed by atoms with Gasteiger partial charge in [0.15, 0.2) is 22.5 Å². The van der Waals surface area contributed by atoms with Gasteiger partial charge >= 0.3 is 0 Å². The van der Waals surface area contributed by atoms with E-state index in [1.807, 2.05) is 83.4 Å². The number of benzene rings is 4. The van der Waals surface area contributed by atoms with Crippen LogP contribution in [0.3, 0.4) is 0 Å². The summed E-state index contributed by atoms with van der Waals surface area (Å²) in [7, 11) is 1.59. The Hall–Kier alpha value is -4.89. The maximum Gasteiger partial charge on any atom is 0.250 e. The number of rotatable bonds is 11. The Balaban J connectivity index is 1.23. The lowest BCUT2D eigenvalue weighted by Crippen LogP contribution is -2.20. The van der Waals surface area contributed by atoms with E-state index in [1.54, 1.807) is 13.3 Å². The maximum atomic E-state index is 12.7. The van der Waals surface area contributed by atoms with Gasteiger partial charge in [0.05, 0.1) is 19.1 Å². The number of carbonyl (C=O) groups is 1. The molecule has 44 heavy (non-hydrogen) atoms. The van der Waals surface area contributed by atoms with Crippen molar-refractivity contribution < 1.29 is 14.3 Å². The Bertz CT molecular complexity index is 1710. The molecular weight excluding hydrogens is 570 g/mol. The Morgan fingerprint density at radius 1 is 0.909 bits per heavy atom. The van der Waals surface area contributed by atoms with Crippen LogP contribution in [0.25, 0.3) is 17.1 Å². The summed E-state index contributed by atoms with van der Waals surface area (Å²) in [6.45, 7) is 7.00. The summed E-state index contributed by atoms with van der Waals surface area (Å²) < 4.78 is 13.4. The maximum absolute atomic E-state index is 12.7. The highest BCUT2D eigenvalue weighted by molar-refractivity contribution is 7.99. The van der Waals surface area contributed by atoms with Crippen LogP contribution in [0.5, 0.6) is 11.5 Å². The number of methoxy groups -OCH3 is 1. The molecule has 0 spiro atoms. The number of amides is 1. The molecule has 5 rings (SSSR count). The number of carbonyl (C=O) groups excluding carboxylic acids is 1. The van der Waals surface area contributed by atoms with Crippen molar-refractivity contribution in [2.75, 3.05) is 12.9 Å². The van der Waals surface area contributed by atoms with Gasteiger partial charge in [-0.15, -0.1) is 10.2 Å². The van der Waals surface area contributed by atoms with E-state index in [0.29, 0.717) is 29.1 Å². The number of ether oxygens (including phenoxy) is 2. The van der Waals surface area contributed by atoms with Crippen LogP contribution in [0, 0.1) is 0 Å². The zero-order valence-corrected chi connectivity index (χ0v) is 26.0. The lowest BCUT2D eigenvalue weighted by molar-refractivity contribution is -0.118. The number of nitrogens with zero attached hydrogens (tertiary/aromatic N) is 4. The number of nitrogens with one attached hydrogen (secondary N) is 1. The zero-order valence-electron chi connectivity index (χ0n) is 25.2. The van der Waals surface area contributed by atoms with Gasteiger partial charge in [-0.1, -0.05) is 105 Å². The van der Waals surface area contributed by atoms with Crippen LogP contribution < -0.4 is 14.9 Å². The molecule has 0 atom stereocenters. The molecule has 224 valence electrons. The molecule has 4 aromatic carbocycles. The molecule has 0 unspecified atom stereocenters. The minimum atomic E-state index is -0.264. The number of thioether (sulfide) groups is 1. The van der Waals surface area contributed by atoms with Crippen molar-refractivity contribution >= 4 is 23.9 Å². The molecule has 8 nitrogen and oxygen atoms in total. The number of aromatic nitrogens is 3. The number of para-hydroxylation sites is 1. The number of hydrazone groups is 1. The monoisotopic (exact) mass is 605 g/mol. The lowest BCUT2D eigenvalue weighted by Gasteiger charge is -2.19. The van der Waals surface area contributed by atoms with E-state index in [0.717, 1.165) is 22.4 Å². The second kappa shape index (κ2) is 14.1. The molecule has 0 radical (unpaired) electrons. The molecule has 0 saturated heterocycles. The van der Waals surface area contributed by atoms with Crippen molar-refractivity contribution in [3.05, 3.63) is 120 Å². The van der Waals surface area contributed by atoms with Crippen molar-refractivity contribution in [1.82, 2.24) is 20.2 Å². The largest absolute Gasteiger partial charge is 0.493 e. The summed E-state index contributed by atoms with van der Waals surface area (Å²) in [4.78, 5) is 12.7. The van der Waals surface area contributed by atoms with Crippen LogP contribution in [-0.4, -0.2) is 39.7 Å². The molecule has 0 aliphatic carbocycles. The molecule has 1 aromatic heterocycles. The first-order chi connectivity index (χ1) is 21.3. The van der Waals surface area contributed by atoms with Crippen LogP contribution in [-0.2, 0) is 16.8 Å². The molecule has 0 aliphatic rings. The summed E-state index contributed by atoms with van der Waals surface area (Å²) >= 11 is 1.30. The fourth-order valence-corrected chi connectivity index (χ4v) is 5.18. The van der Waals surface area contributed by atoms with Crippen molar-refractivity contribution in [3.63, 3.8) is 0 Å². The SMILES string of the molecule is COc1cc(/C=N\NC(=O)CSc2nnc(-c3ccc(C(C)(C)C)cc3)n2-c2ccccc2)ccc1OCc1ccccc1. The molecule has 1 amide bonds. The lowest BCUT2D eigenvalue weighted by atomic mass is 9.87. The minimum Gasteiger partial charge on any atom is -0.493 e. The predicted molar refractivity (Wildman–Crippen MR) is 176 cm³/mol. The second-order valence-electron chi connectivity index (χ2n) is 11.1. The van der Waals surface area contributed by atoms with Gasteiger partial charge in [-0.3, -0.25) is 9.36 Å². The fourth-order valence-electron chi connectivity index (χ4n) is 4.44. The van der Waals surface area contributed by atoms with Gasteiger partial charge < -0.3 is 9.47 Å². The Morgan fingerprint density at radius 3 is 2.30 bits per heavy atom. The molecule has 5 aromatic rings. The normalized spacial score (nSPS) is 11.5. The molecule has 0 fully saturated rings. The first-order valence-corrected chi connectivity index (χ1v) is 15.2. The number of hydrogen-bond acceptors (Lipinski definition) is 7. The highest BCUT2D eigenvalue weighted by Crippen LogP contribution is 2.31. The summed E-state index contributed by atoms with van der Waals surface area (Å²) in [5.74, 6) is 1.76. The van der Waals surface area contributed by atoms with Gasteiger partial charge in [0.1, 0.15) is 6.61 Å². The molecular formula is C35H35N5O3S. The van der Waals surface area contributed by atoms with E-state index in [-0.39, 0.29) is 17.1 Å². The average molecular weight is 606 g/mol. The van der Waals surface area contributed by atoms with E-state index in [4.69, 9.17) is 9.47 Å². The first-order valence-electron chi connectivity index (χ1n) is 14.2. The molecule has 9 heteroatoms. The number of hydrogen-bond donors (Lipinski definition) is 1. The van der Waals surface area contributed by atoms with Gasteiger partial charge in [0.25, 0.3) is 5.91 Å². The highest BCUT2D eigenvalue weighted by Gasteiger charge is 2.19. The summed E-state index contributed by atoms with van der Waals surface area (Å²) in [6, 6.07) is 33.7. The molecule has 1 N–H and O–H groups in total. The standard InChI is InChI=1S/C35H35N5O3S/c1-35(2,3)28-18-16-27(17-19-28)33-38-39-34(40(33)29-13-9-6-10-14-29)44-24-32(41)37-36-22-26-15-20-30(31(21-26)42-4)43-23-25-11-7-5-8-12-25/h5-22H,23-24H2,1-4H3,(H,37,41)/b36-22-. The second-order valence-corrected chi connectivity index (χ2v) is 12.0. The van der Waals surface area contributed by atoms with Crippen LogP contribution in [0.15, 0.2) is 113 Å². The van der Waals surface area contributed by atoms with Gasteiger partial charge in [0, 0.05) is 11.3 Å². The van der Waals surface area contributed by atoms with E-state index in [1.165, 1.54) is 17.3 Å². The van der Waals surface area contributed by atoms with Crippen LogP contribution in [0.4, 0.5) is 0 Å². The van der Waals surface area contributed by atoms with Crippen molar-refractivity contribution in [1.29, 1.82) is 0 Å². The highest BCUT2D eigenvalue weighted by atomic mass is 32.2. The summed E-state index contributed by atoms with van der Waals surface area (Å²) in [5.41, 5.74) is 7.57. The molecule has 0 bridgehead atoms. The fraction of sp³-hybridized carbons (Fsp3) is 0.200. The van der Waals surface area contributed by atoms with Crippen LogP contribution in [0.1, 0.15) is 37.5 Å². The Labute approximate surface area is 262 Å². The third kappa shape index (κ3) is 7.73. The molecule has 0 aliphatic heterocycles. The Kier molecular flexibility index (Phi) is 9.76. The third-order valence-electron chi connectivity index (χ3n) is 6.82. The van der Waals surface area contributed by atoms with Gasteiger partial charge in [-0.25, -0.2) is 5.43 Å². The quantitative estimate of drug-likeness (QED) is 0.0985. The van der Waals surface area contributed by atoms with E-state index in [9.17, 15) is 4.79 Å². The molecule has 0 saturated carbocycles. The summed E-state index contributed by atoms with van der Waals surface area (Å²) in [6.07, 6.45) is 1.57. The smallest absolute Gasteiger partial charge is 0.250 e. The van der Waals surface area contributed by atoms with E-state index < -0.39 is 0 Å². The van der Waals surface area contributed by atoms with Crippen molar-refractivity contribution in [2.24, 2.45) is 5.10 Å². The van der Waals surface area contributed by atoms with Gasteiger partial charge in [0.2, 0.25) is 0 Å². The molecule has 1 heterocycles. The first kappa shape index (κ1) is 30.6. The topological polar surface area (TPSA) is 90.6 Å². The van der Waals surface area contributed by atoms with Gasteiger partial charge in [-0.05, 0) is 52.4 Å². The summed E-state index contributed by atoms with van der Waals surface area (Å²) in [5, 5.41) is 13.7. The van der Waals surface area contributed by atoms with Crippen LogP contribution in [0.2, 0.25) is 0 Å². The third-order valence-corrected chi connectivity index (χ3v) is 7.75. The Morgan fingerprint density at radius 2 is 1.61 bits per heavy atom. The van der Waals surface area contributed by atoms with Crippen LogP contribution >= 0.6 is 11.8 Å². The van der Waals surface area contributed by atoms with Crippen molar-refractivity contribution in [3.8, 4) is 28.6 Å². The van der Waals surface area contributed by atoms with Crippen molar-refractivity contribution in [2.45, 2.75) is 37.9 Å². The van der Waals surface area contributed by atoms with E-state index >= 15 is 0 Å². The van der Waals surface area contributed by atoms with E-state index in [2.05, 4.69) is 65.8 Å². The predicted octanol–water partition coefficient (Wildman–Crippen LogP) is 7.06. The average Bonchev–Trinajstić information content (AvgIpc) is 3.47. The zero-order chi connectivity index (χ0) is 30.9.